The first-order chi connectivity index (χ1) is 20.7. The Kier molecular flexibility index (Phi) is 10.1. The van der Waals surface area contributed by atoms with Crippen molar-refractivity contribution in [2.75, 3.05) is 44.5 Å². The molecule has 234 valence electrons. The smallest absolute Gasteiger partial charge is 0.547 e. The number of rotatable bonds is 11. The van der Waals surface area contributed by atoms with Crippen LogP contribution in [0.1, 0.15) is 25.8 Å². The zero-order valence-corrected chi connectivity index (χ0v) is 24.6. The molecule has 5 rings (SSSR count). The van der Waals surface area contributed by atoms with Crippen LogP contribution in [0.4, 0.5) is 24.1 Å². The maximum absolute atomic E-state index is 15.2. The third-order valence-corrected chi connectivity index (χ3v) is 7.22. The molecular formula is C27H30ClF2N9O5. The summed E-state index contributed by atoms with van der Waals surface area (Å²) >= 11 is 0. The van der Waals surface area contributed by atoms with E-state index in [4.69, 9.17) is 9.47 Å². The number of hydrogen-bond donors (Lipinski definition) is 1. The number of nitrogens with zero attached hydrogens (tertiary/aromatic N) is 9. The molecule has 0 aliphatic carbocycles. The third kappa shape index (κ3) is 6.77. The van der Waals surface area contributed by atoms with E-state index in [0.717, 1.165) is 12.1 Å². The van der Waals surface area contributed by atoms with Gasteiger partial charge in [-0.05, 0) is 54.1 Å². The standard InChI is InChI=1S/C27H30F2N9O5.ClH/c1-3-12-42-26(40)43-18-34-16-31-35(17-34)14-27(41,23-9-4-20(28)13-24(23)29)19(2)36-10-11-37(25(36)39)21-5-7-22(8-6-21)38-15-30-32-33-38;/h4-9,13,15,19,41H,3,10-12,14,17-18H2,1-2H3;1H/q+1;/p-1/t19-,27+;/m1./s1. The lowest BCUT2D eigenvalue weighted by Gasteiger charge is -2.40. The van der Waals surface area contributed by atoms with Crippen molar-refractivity contribution in [3.05, 3.63) is 66.0 Å². The van der Waals surface area contributed by atoms with Gasteiger partial charge in [-0.3, -0.25) is 4.90 Å². The summed E-state index contributed by atoms with van der Waals surface area (Å²) in [6.07, 6.45) is 3.91. The minimum Gasteiger partial charge on any atom is -1.00 e. The van der Waals surface area contributed by atoms with Crippen molar-refractivity contribution in [3.63, 3.8) is 0 Å². The quantitative estimate of drug-likeness (QED) is 0.214. The molecule has 1 saturated heterocycles. The fourth-order valence-electron chi connectivity index (χ4n) is 4.94. The Morgan fingerprint density at radius 3 is 2.57 bits per heavy atom. The van der Waals surface area contributed by atoms with Crippen molar-refractivity contribution in [1.29, 1.82) is 0 Å². The average molecular weight is 634 g/mol. The minimum absolute atomic E-state index is 0. The first-order valence-electron chi connectivity index (χ1n) is 13.5. The van der Waals surface area contributed by atoms with E-state index in [0.29, 0.717) is 30.4 Å². The van der Waals surface area contributed by atoms with Crippen LogP contribution in [0.5, 0.6) is 0 Å². The second kappa shape index (κ2) is 13.8. The number of aromatic nitrogens is 4. The first-order valence-corrected chi connectivity index (χ1v) is 13.5. The zero-order chi connectivity index (χ0) is 30.6. The summed E-state index contributed by atoms with van der Waals surface area (Å²) in [6.45, 7) is 3.74. The monoisotopic (exact) mass is 633 g/mol. The summed E-state index contributed by atoms with van der Waals surface area (Å²) in [7, 11) is 0. The van der Waals surface area contributed by atoms with Crippen molar-refractivity contribution in [1.82, 2.24) is 35.0 Å². The summed E-state index contributed by atoms with van der Waals surface area (Å²) in [5, 5.41) is 28.7. The van der Waals surface area contributed by atoms with Crippen molar-refractivity contribution in [2.45, 2.75) is 31.9 Å². The normalized spacial score (nSPS) is 16.4. The van der Waals surface area contributed by atoms with Crippen LogP contribution in [0.2, 0.25) is 0 Å². The molecule has 1 fully saturated rings. The molecule has 1 aromatic heterocycles. The molecule has 2 amide bonds. The molecule has 2 aliphatic heterocycles. The molecule has 17 heteroatoms. The van der Waals surface area contributed by atoms with Crippen molar-refractivity contribution in [3.8, 4) is 5.69 Å². The Hall–Kier alpha value is -4.66. The molecule has 2 atom stereocenters. The number of amides is 2. The minimum atomic E-state index is -2.03. The summed E-state index contributed by atoms with van der Waals surface area (Å²) in [6, 6.07) is 8.52. The molecule has 0 saturated carbocycles. The summed E-state index contributed by atoms with van der Waals surface area (Å²) in [4.78, 5) is 29.7. The second-order valence-corrected chi connectivity index (χ2v) is 10.0. The fourth-order valence-corrected chi connectivity index (χ4v) is 4.94. The lowest BCUT2D eigenvalue weighted by atomic mass is 9.85. The van der Waals surface area contributed by atoms with Crippen LogP contribution in [0, 0.1) is 11.6 Å². The molecule has 1 N–H and O–H groups in total. The van der Waals surface area contributed by atoms with E-state index in [1.54, 1.807) is 36.1 Å². The number of halogens is 3. The van der Waals surface area contributed by atoms with Crippen LogP contribution >= 0.6 is 0 Å². The molecule has 0 spiro atoms. The van der Waals surface area contributed by atoms with E-state index in [1.807, 2.05) is 6.92 Å². The van der Waals surface area contributed by atoms with Crippen LogP contribution in [0.3, 0.4) is 0 Å². The highest BCUT2D eigenvalue weighted by Crippen LogP contribution is 2.35. The fraction of sp³-hybridized carbons (Fsp3) is 0.407. The molecule has 3 heterocycles. The van der Waals surface area contributed by atoms with Crippen LogP contribution in [0.15, 0.2) is 53.9 Å². The van der Waals surface area contributed by atoms with Gasteiger partial charge in [0.25, 0.3) is 0 Å². The molecule has 2 aliphatic rings. The topological polar surface area (TPSA) is 142 Å². The predicted molar refractivity (Wildman–Crippen MR) is 147 cm³/mol. The molecule has 44 heavy (non-hydrogen) atoms. The number of anilines is 1. The van der Waals surface area contributed by atoms with Crippen LogP contribution < -0.4 is 17.3 Å². The van der Waals surface area contributed by atoms with Gasteiger partial charge in [-0.2, -0.15) is 0 Å². The number of carbonyl (C=O) groups excluding carboxylic acids is 2. The van der Waals surface area contributed by atoms with Crippen molar-refractivity contribution in [2.24, 2.45) is 5.10 Å². The Balaban J connectivity index is 0.00000442. The van der Waals surface area contributed by atoms with E-state index in [-0.39, 0.29) is 51.1 Å². The van der Waals surface area contributed by atoms with Gasteiger partial charge in [-0.15, -0.1) is 5.10 Å². The van der Waals surface area contributed by atoms with Crippen LogP contribution in [0.25, 0.3) is 5.69 Å². The number of ether oxygens (including phenoxy) is 2. The van der Waals surface area contributed by atoms with E-state index < -0.39 is 35.5 Å². The molecule has 0 radical (unpaired) electrons. The summed E-state index contributed by atoms with van der Waals surface area (Å²) in [5.74, 6) is -1.78. The van der Waals surface area contributed by atoms with Crippen molar-refractivity contribution >= 4 is 24.2 Å². The summed E-state index contributed by atoms with van der Waals surface area (Å²) < 4.78 is 40.4. The number of aliphatic hydroxyl groups is 1. The lowest BCUT2D eigenvalue weighted by molar-refractivity contribution is -0.0602. The Morgan fingerprint density at radius 1 is 1.14 bits per heavy atom. The number of urea groups is 1. The average Bonchev–Trinajstić information content (AvgIpc) is 3.76. The van der Waals surface area contributed by atoms with Crippen LogP contribution in [-0.2, 0) is 15.1 Å². The largest absolute Gasteiger partial charge is 1.00 e. The van der Waals surface area contributed by atoms with Gasteiger partial charge in [0, 0.05) is 30.4 Å². The number of tetrazole rings is 1. The maximum Gasteiger partial charge on any atom is 0.547 e. The first kappa shape index (κ1) is 32.3. The number of β-amino-alcohol motifs (C(OH)–C–C–N with tert-alkyl or cyclic N) is 1. The maximum atomic E-state index is 15.2. The molecular weight excluding hydrogens is 604 g/mol. The SMILES string of the molecule is CCCOC(=O)OCN1[C+]=NN(C[C@@](O)(c2ccc(F)cc2F)[C@@H](C)N2CCN(c3ccc(-n4cnnn4)cc3)C2=O)C1.[Cl-]. The molecule has 0 bridgehead atoms. The third-order valence-electron chi connectivity index (χ3n) is 7.22. The van der Waals surface area contributed by atoms with Gasteiger partial charge in [-0.1, -0.05) is 17.9 Å². The van der Waals surface area contributed by atoms with Gasteiger partial charge in [0.1, 0.15) is 28.7 Å². The molecule has 2 aromatic carbocycles. The Morgan fingerprint density at radius 2 is 1.89 bits per heavy atom. The number of carbonyl (C=O) groups is 2. The number of hydrogen-bond acceptors (Lipinski definition) is 11. The number of hydrazone groups is 1. The predicted octanol–water partition coefficient (Wildman–Crippen LogP) is -0.621. The highest BCUT2D eigenvalue weighted by molar-refractivity contribution is 5.94. The Bertz CT molecular complexity index is 1470. The van der Waals surface area contributed by atoms with Gasteiger partial charge in [0.15, 0.2) is 6.67 Å². The van der Waals surface area contributed by atoms with Gasteiger partial charge in [-0.25, -0.2) is 28.1 Å². The van der Waals surface area contributed by atoms with E-state index >= 15 is 4.39 Å². The molecule has 0 unspecified atom stereocenters. The van der Waals surface area contributed by atoms with Gasteiger partial charge < -0.3 is 31.9 Å². The van der Waals surface area contributed by atoms with E-state index in [2.05, 4.69) is 27.0 Å². The highest BCUT2D eigenvalue weighted by atomic mass is 35.5. The van der Waals surface area contributed by atoms with Gasteiger partial charge in [0.2, 0.25) is 6.73 Å². The van der Waals surface area contributed by atoms with Gasteiger partial charge >= 0.3 is 18.5 Å². The molecule has 3 aromatic rings. The highest BCUT2D eigenvalue weighted by Gasteiger charge is 2.48. The second-order valence-electron chi connectivity index (χ2n) is 10.0. The van der Waals surface area contributed by atoms with Crippen molar-refractivity contribution < 1.29 is 45.4 Å². The number of benzene rings is 2. The molecule has 14 nitrogen and oxygen atoms in total. The van der Waals surface area contributed by atoms with E-state index in [9.17, 15) is 19.1 Å². The zero-order valence-electron chi connectivity index (χ0n) is 23.9. The van der Waals surface area contributed by atoms with Crippen LogP contribution in [-0.4, -0.2) is 104 Å². The van der Waals surface area contributed by atoms with Gasteiger partial charge in [0.05, 0.1) is 24.9 Å². The lowest BCUT2D eigenvalue weighted by Crippen LogP contribution is -3.00. The summed E-state index contributed by atoms with van der Waals surface area (Å²) in [5.41, 5.74) is -0.923. The van der Waals surface area contributed by atoms with E-state index in [1.165, 1.54) is 25.8 Å². The Labute approximate surface area is 257 Å².